The third-order valence-corrected chi connectivity index (χ3v) is 7.22. The van der Waals surface area contributed by atoms with Crippen LogP contribution in [0, 0.1) is 17.2 Å². The minimum absolute atomic E-state index is 0.136. The Hall–Kier alpha value is -2.56. The monoisotopic (exact) mass is 530 g/mol. The second kappa shape index (κ2) is 11.5. The Labute approximate surface area is 220 Å². The van der Waals surface area contributed by atoms with Crippen LogP contribution in [-0.4, -0.2) is 40.3 Å². The predicted octanol–water partition coefficient (Wildman–Crippen LogP) is 6.41. The van der Waals surface area contributed by atoms with Crippen LogP contribution in [0.2, 0.25) is 15.1 Å². The Morgan fingerprint density at radius 2 is 1.71 bits per heavy atom. The molecule has 6 nitrogen and oxygen atoms in total. The third kappa shape index (κ3) is 6.36. The molecule has 1 fully saturated rings. The second-order valence-corrected chi connectivity index (χ2v) is 9.84. The van der Waals surface area contributed by atoms with Gasteiger partial charge in [-0.15, -0.1) is 0 Å². The highest BCUT2D eigenvalue weighted by Gasteiger charge is 2.40. The Balaban J connectivity index is 1.53. The first-order valence-corrected chi connectivity index (χ1v) is 12.4. The highest BCUT2D eigenvalue weighted by atomic mass is 35.5. The minimum atomic E-state index is -0.213. The van der Waals surface area contributed by atoms with Gasteiger partial charge in [0.15, 0.2) is 6.23 Å². The van der Waals surface area contributed by atoms with E-state index in [9.17, 15) is 0 Å². The summed E-state index contributed by atoms with van der Waals surface area (Å²) in [6.45, 7) is 5.55. The topological polar surface area (TPSA) is 71.3 Å². The Bertz CT molecular complexity index is 1180. The van der Waals surface area contributed by atoms with Crippen LogP contribution in [0.1, 0.15) is 30.9 Å². The largest absolute Gasteiger partial charge is 0.474 e. The summed E-state index contributed by atoms with van der Waals surface area (Å²) in [7, 11) is 0. The zero-order valence-corrected chi connectivity index (χ0v) is 21.6. The van der Waals surface area contributed by atoms with Crippen molar-refractivity contribution in [2.45, 2.75) is 38.5 Å². The van der Waals surface area contributed by atoms with Crippen molar-refractivity contribution in [1.29, 1.82) is 5.26 Å². The molecule has 0 saturated carbocycles. The second-order valence-electron chi connectivity index (χ2n) is 8.59. The number of benzene rings is 1. The molecule has 1 aliphatic heterocycles. The van der Waals surface area contributed by atoms with Gasteiger partial charge in [-0.25, -0.2) is 9.97 Å². The molecular weight excluding hydrogens is 507 g/mol. The lowest BCUT2D eigenvalue weighted by Crippen LogP contribution is -2.37. The van der Waals surface area contributed by atoms with E-state index >= 15 is 0 Å². The first-order chi connectivity index (χ1) is 16.8. The first-order valence-electron chi connectivity index (χ1n) is 11.3. The fourth-order valence-electron chi connectivity index (χ4n) is 4.36. The number of pyridine rings is 2. The molecule has 1 aliphatic rings. The van der Waals surface area contributed by atoms with Crippen LogP contribution in [0.3, 0.4) is 0 Å². The van der Waals surface area contributed by atoms with E-state index in [1.807, 2.05) is 37.3 Å². The lowest BCUT2D eigenvalue weighted by molar-refractivity contribution is 0.0455. The van der Waals surface area contributed by atoms with Crippen LogP contribution >= 0.6 is 34.8 Å². The maximum Gasteiger partial charge on any atom is 0.214 e. The molecule has 0 aliphatic carbocycles. The van der Waals surface area contributed by atoms with E-state index in [1.54, 1.807) is 24.5 Å². The number of nitriles is 1. The van der Waals surface area contributed by atoms with Crippen LogP contribution in [0.15, 0.2) is 54.9 Å². The highest BCUT2D eigenvalue weighted by Crippen LogP contribution is 2.39. The summed E-state index contributed by atoms with van der Waals surface area (Å²) in [5.74, 6) is 1.32. The van der Waals surface area contributed by atoms with Crippen molar-refractivity contribution in [3.05, 3.63) is 81.1 Å². The molecule has 3 aromatic rings. The van der Waals surface area contributed by atoms with Crippen molar-refractivity contribution >= 4 is 34.8 Å². The highest BCUT2D eigenvalue weighted by molar-refractivity contribution is 6.42. The number of ether oxygens (including phenoxy) is 2. The van der Waals surface area contributed by atoms with Gasteiger partial charge in [-0.05, 0) is 43.2 Å². The number of rotatable bonds is 8. The van der Waals surface area contributed by atoms with Gasteiger partial charge in [0.2, 0.25) is 11.8 Å². The van der Waals surface area contributed by atoms with E-state index in [4.69, 9.17) is 49.5 Å². The summed E-state index contributed by atoms with van der Waals surface area (Å²) < 4.78 is 12.3. The van der Waals surface area contributed by atoms with Gasteiger partial charge in [0.05, 0.1) is 27.6 Å². The molecule has 182 valence electrons. The molecule has 4 rings (SSSR count). The molecule has 2 aromatic heterocycles. The fourth-order valence-corrected chi connectivity index (χ4v) is 4.78. The van der Waals surface area contributed by atoms with Crippen LogP contribution in [0.4, 0.5) is 0 Å². The smallest absolute Gasteiger partial charge is 0.214 e. The Morgan fingerprint density at radius 3 is 2.37 bits per heavy atom. The van der Waals surface area contributed by atoms with E-state index in [0.717, 1.165) is 24.2 Å². The predicted molar refractivity (Wildman–Crippen MR) is 137 cm³/mol. The standard InChI is InChI=1S/C26H25Cl3N4O2/c1-16(34-25-7-3-18(9-10-30)12-31-25)21-14-33(17(2)35-26-8-5-20(27)13-32-26)15-22(21)19-4-6-23(28)24(29)11-19/h3-8,11-13,16-17,21-22H,9,14-15H2,1-2H3/t16-,17?,21-,22-/m1/s1. The van der Waals surface area contributed by atoms with Crippen molar-refractivity contribution in [2.75, 3.05) is 13.1 Å². The summed E-state index contributed by atoms with van der Waals surface area (Å²) in [4.78, 5) is 10.9. The van der Waals surface area contributed by atoms with Gasteiger partial charge in [-0.2, -0.15) is 5.26 Å². The zero-order chi connectivity index (χ0) is 24.9. The summed E-state index contributed by atoms with van der Waals surface area (Å²) in [5.41, 5.74) is 1.95. The zero-order valence-electron chi connectivity index (χ0n) is 19.4. The Morgan fingerprint density at radius 1 is 0.971 bits per heavy atom. The molecule has 35 heavy (non-hydrogen) atoms. The number of halogens is 3. The molecule has 0 spiro atoms. The average molecular weight is 532 g/mol. The number of hydrogen-bond donors (Lipinski definition) is 0. The normalized spacial score (nSPS) is 19.7. The molecule has 1 saturated heterocycles. The maximum absolute atomic E-state index is 8.88. The number of nitrogens with zero attached hydrogens (tertiary/aromatic N) is 4. The minimum Gasteiger partial charge on any atom is -0.474 e. The molecule has 1 unspecified atom stereocenters. The molecule has 3 heterocycles. The summed E-state index contributed by atoms with van der Waals surface area (Å²) >= 11 is 18.5. The van der Waals surface area contributed by atoms with Crippen molar-refractivity contribution in [3.63, 3.8) is 0 Å². The lowest BCUT2D eigenvalue weighted by Gasteiger charge is -2.26. The lowest BCUT2D eigenvalue weighted by atomic mass is 9.86. The van der Waals surface area contributed by atoms with E-state index in [2.05, 4.69) is 27.9 Å². The van der Waals surface area contributed by atoms with Gasteiger partial charge in [-0.3, -0.25) is 4.90 Å². The van der Waals surface area contributed by atoms with Gasteiger partial charge in [0, 0.05) is 49.5 Å². The van der Waals surface area contributed by atoms with Gasteiger partial charge >= 0.3 is 0 Å². The third-order valence-electron chi connectivity index (χ3n) is 6.26. The van der Waals surface area contributed by atoms with Crippen molar-refractivity contribution in [2.24, 2.45) is 5.92 Å². The fraction of sp³-hybridized carbons (Fsp3) is 0.346. The Kier molecular flexibility index (Phi) is 8.35. The molecule has 0 amide bonds. The molecule has 4 atom stereocenters. The van der Waals surface area contributed by atoms with E-state index in [1.165, 1.54) is 0 Å². The van der Waals surface area contributed by atoms with Crippen LogP contribution in [-0.2, 0) is 6.42 Å². The van der Waals surface area contributed by atoms with Crippen molar-refractivity contribution in [1.82, 2.24) is 14.9 Å². The molecule has 0 radical (unpaired) electrons. The average Bonchev–Trinajstić information content (AvgIpc) is 3.30. The molecule has 1 aromatic carbocycles. The van der Waals surface area contributed by atoms with Crippen molar-refractivity contribution < 1.29 is 9.47 Å². The van der Waals surface area contributed by atoms with Crippen molar-refractivity contribution in [3.8, 4) is 17.8 Å². The summed E-state index contributed by atoms with van der Waals surface area (Å²) in [5, 5.41) is 10.5. The van der Waals surface area contributed by atoms with E-state index in [0.29, 0.717) is 33.2 Å². The molecule has 0 N–H and O–H groups in total. The van der Waals surface area contributed by atoms with Crippen LogP contribution in [0.5, 0.6) is 11.8 Å². The number of likely N-dealkylation sites (tertiary alicyclic amines) is 1. The van der Waals surface area contributed by atoms with Crippen LogP contribution in [0.25, 0.3) is 0 Å². The summed E-state index contributed by atoms with van der Waals surface area (Å²) in [6.07, 6.45) is 3.21. The number of aromatic nitrogens is 2. The SMILES string of the molecule is CC(Oc1ccc(Cl)cn1)N1C[C@H]([C@@H](C)Oc2ccc(CC#N)cn2)[C@@H](c2ccc(Cl)c(Cl)c2)C1. The van der Waals surface area contributed by atoms with E-state index < -0.39 is 0 Å². The van der Waals surface area contributed by atoms with Gasteiger partial charge in [-0.1, -0.05) is 46.9 Å². The molecule has 0 bridgehead atoms. The van der Waals surface area contributed by atoms with Crippen LogP contribution < -0.4 is 9.47 Å². The molecule has 9 heteroatoms. The number of hydrogen-bond acceptors (Lipinski definition) is 6. The quantitative estimate of drug-likeness (QED) is 0.334. The first kappa shape index (κ1) is 25.5. The van der Waals surface area contributed by atoms with Gasteiger partial charge in [0.1, 0.15) is 6.10 Å². The van der Waals surface area contributed by atoms with Gasteiger partial charge in [0.25, 0.3) is 0 Å². The van der Waals surface area contributed by atoms with Gasteiger partial charge < -0.3 is 9.47 Å². The maximum atomic E-state index is 8.88. The molecular formula is C26H25Cl3N4O2. The summed E-state index contributed by atoms with van der Waals surface area (Å²) in [6, 6.07) is 15.1. The van der Waals surface area contributed by atoms with E-state index in [-0.39, 0.29) is 24.2 Å².